The number of halogens is 1. The van der Waals surface area contributed by atoms with E-state index in [2.05, 4.69) is 10.3 Å². The Hall–Kier alpha value is -3.84. The van der Waals surface area contributed by atoms with E-state index >= 15 is 0 Å². The van der Waals surface area contributed by atoms with E-state index in [1.165, 1.54) is 6.07 Å². The van der Waals surface area contributed by atoms with Crippen LogP contribution in [0.4, 0.5) is 10.1 Å². The predicted octanol–water partition coefficient (Wildman–Crippen LogP) is 4.98. The number of rotatable bonds is 5. The molecule has 0 radical (unpaired) electrons. The number of aromatic nitrogens is 2. The molecule has 7 heteroatoms. The Kier molecular flexibility index (Phi) is 6.42. The Bertz CT molecular complexity index is 1350. The Morgan fingerprint density at radius 3 is 2.54 bits per heavy atom. The van der Waals surface area contributed by atoms with Gasteiger partial charge in [-0.15, -0.1) is 0 Å². The van der Waals surface area contributed by atoms with Crippen molar-refractivity contribution in [2.75, 3.05) is 18.0 Å². The van der Waals surface area contributed by atoms with Gasteiger partial charge in [-0.05, 0) is 55.8 Å². The van der Waals surface area contributed by atoms with E-state index in [1.807, 2.05) is 61.2 Å². The van der Waals surface area contributed by atoms with Crippen LogP contribution in [0, 0.1) is 5.82 Å². The molecule has 2 aromatic heterocycles. The molecule has 1 amide bonds. The van der Waals surface area contributed by atoms with Crippen LogP contribution < -0.4 is 10.2 Å². The number of benzene rings is 2. The molecule has 0 saturated carbocycles. The van der Waals surface area contributed by atoms with Crippen molar-refractivity contribution in [3.8, 4) is 11.3 Å². The van der Waals surface area contributed by atoms with Crippen LogP contribution in [0.1, 0.15) is 29.8 Å². The van der Waals surface area contributed by atoms with Gasteiger partial charge in [-0.25, -0.2) is 9.37 Å². The third kappa shape index (κ3) is 5.00. The van der Waals surface area contributed by atoms with E-state index < -0.39 is 0 Å². The van der Waals surface area contributed by atoms with Gasteiger partial charge in [0.05, 0.1) is 34.7 Å². The molecule has 0 aliphatic carbocycles. The molecule has 3 heterocycles. The van der Waals surface area contributed by atoms with E-state index in [0.717, 1.165) is 16.5 Å². The van der Waals surface area contributed by atoms with Crippen molar-refractivity contribution in [1.82, 2.24) is 15.3 Å². The first kappa shape index (κ1) is 22.9. The van der Waals surface area contributed by atoms with Gasteiger partial charge in [0, 0.05) is 43.0 Å². The number of carbonyl (C=O) groups excluding carboxylic acids is 1. The molecule has 35 heavy (non-hydrogen) atoms. The Labute approximate surface area is 203 Å². The number of pyridine rings is 2. The third-order valence-electron chi connectivity index (χ3n) is 6.16. The lowest BCUT2D eigenvalue weighted by Gasteiger charge is -2.37. The van der Waals surface area contributed by atoms with Crippen molar-refractivity contribution in [1.29, 1.82) is 0 Å². The van der Waals surface area contributed by atoms with E-state index in [1.54, 1.807) is 24.5 Å². The molecule has 0 bridgehead atoms. The summed E-state index contributed by atoms with van der Waals surface area (Å²) in [4.78, 5) is 24.0. The highest BCUT2D eigenvalue weighted by atomic mass is 19.1. The average molecular weight is 471 g/mol. The minimum absolute atomic E-state index is 0.0457. The minimum atomic E-state index is -0.299. The van der Waals surface area contributed by atoms with Crippen molar-refractivity contribution < 1.29 is 13.9 Å². The van der Waals surface area contributed by atoms with Gasteiger partial charge < -0.3 is 15.0 Å². The zero-order valence-electron chi connectivity index (χ0n) is 19.7. The summed E-state index contributed by atoms with van der Waals surface area (Å²) in [6, 6.07) is 18.2. The van der Waals surface area contributed by atoms with Crippen LogP contribution >= 0.6 is 0 Å². The number of nitrogens with zero attached hydrogens (tertiary/aromatic N) is 3. The molecule has 5 rings (SSSR count). The quantitative estimate of drug-likeness (QED) is 0.446. The van der Waals surface area contributed by atoms with Crippen LogP contribution in [0.3, 0.4) is 0 Å². The summed E-state index contributed by atoms with van der Waals surface area (Å²) in [5.41, 5.74) is 4.09. The van der Waals surface area contributed by atoms with Gasteiger partial charge in [0.25, 0.3) is 5.91 Å². The van der Waals surface area contributed by atoms with E-state index in [4.69, 9.17) is 9.72 Å². The summed E-state index contributed by atoms with van der Waals surface area (Å²) in [6.07, 6.45) is 3.48. The molecule has 2 aromatic carbocycles. The Morgan fingerprint density at radius 1 is 1.06 bits per heavy atom. The van der Waals surface area contributed by atoms with Crippen molar-refractivity contribution in [2.24, 2.45) is 0 Å². The van der Waals surface area contributed by atoms with E-state index in [-0.39, 0.29) is 30.5 Å². The zero-order chi connectivity index (χ0) is 24.4. The van der Waals surface area contributed by atoms with Gasteiger partial charge >= 0.3 is 0 Å². The summed E-state index contributed by atoms with van der Waals surface area (Å²) in [5.74, 6) is -0.536. The number of anilines is 1. The minimum Gasteiger partial charge on any atom is -0.372 e. The summed E-state index contributed by atoms with van der Waals surface area (Å²) >= 11 is 0. The lowest BCUT2D eigenvalue weighted by atomic mass is 10.0. The van der Waals surface area contributed by atoms with E-state index in [9.17, 15) is 9.18 Å². The van der Waals surface area contributed by atoms with Crippen molar-refractivity contribution in [3.63, 3.8) is 0 Å². The highest BCUT2D eigenvalue weighted by molar-refractivity contribution is 6.07. The Balaban J connectivity index is 1.36. The molecule has 2 atom stereocenters. The van der Waals surface area contributed by atoms with E-state index in [0.29, 0.717) is 35.6 Å². The number of carbonyl (C=O) groups is 1. The monoisotopic (exact) mass is 470 g/mol. The predicted molar refractivity (Wildman–Crippen MR) is 135 cm³/mol. The summed E-state index contributed by atoms with van der Waals surface area (Å²) in [6.45, 7) is 5.49. The maximum Gasteiger partial charge on any atom is 0.252 e. The van der Waals surface area contributed by atoms with Crippen molar-refractivity contribution in [2.45, 2.75) is 32.6 Å². The first-order valence-corrected chi connectivity index (χ1v) is 11.7. The maximum atomic E-state index is 15.0. The fourth-order valence-electron chi connectivity index (χ4n) is 4.60. The molecule has 1 fully saturated rings. The summed E-state index contributed by atoms with van der Waals surface area (Å²) < 4.78 is 20.7. The SMILES string of the molecule is CC1CN(c2ccc(CNC(=O)c3cc(-c4ccncc4)nc4ccccc34)cc2F)CC(C)O1. The van der Waals surface area contributed by atoms with Crippen LogP contribution in [-0.4, -0.2) is 41.2 Å². The lowest BCUT2D eigenvalue weighted by molar-refractivity contribution is -0.00539. The molecule has 1 aliphatic rings. The van der Waals surface area contributed by atoms with Gasteiger partial charge in [-0.2, -0.15) is 0 Å². The number of morpholine rings is 1. The second-order valence-corrected chi connectivity index (χ2v) is 8.94. The lowest BCUT2D eigenvalue weighted by Crippen LogP contribution is -2.45. The largest absolute Gasteiger partial charge is 0.372 e. The molecule has 1 saturated heterocycles. The normalized spacial score (nSPS) is 18.0. The molecule has 1 aliphatic heterocycles. The van der Waals surface area contributed by atoms with Crippen molar-refractivity contribution in [3.05, 3.63) is 90.0 Å². The number of ether oxygens (including phenoxy) is 1. The summed E-state index contributed by atoms with van der Waals surface area (Å²) in [7, 11) is 0. The third-order valence-corrected chi connectivity index (χ3v) is 6.16. The number of hydrogen-bond donors (Lipinski definition) is 1. The highest BCUT2D eigenvalue weighted by Gasteiger charge is 2.24. The van der Waals surface area contributed by atoms with Crippen LogP contribution in [0.5, 0.6) is 0 Å². The fourth-order valence-corrected chi connectivity index (χ4v) is 4.60. The molecule has 0 spiro atoms. The highest BCUT2D eigenvalue weighted by Crippen LogP contribution is 2.26. The van der Waals surface area contributed by atoms with Gasteiger partial charge in [-0.3, -0.25) is 9.78 Å². The van der Waals surface area contributed by atoms with Crippen LogP contribution in [0.15, 0.2) is 73.1 Å². The molecule has 1 N–H and O–H groups in total. The standard InChI is InChI=1S/C28H27FN4O2/c1-18-16-33(17-19(2)35-18)27-8-7-20(13-24(27)29)15-31-28(34)23-14-26(21-9-11-30-12-10-21)32-25-6-4-3-5-22(23)25/h3-14,18-19H,15-17H2,1-2H3,(H,31,34). The number of amides is 1. The van der Waals surface area contributed by atoms with Crippen LogP contribution in [0.2, 0.25) is 0 Å². The first-order valence-electron chi connectivity index (χ1n) is 11.7. The Morgan fingerprint density at radius 2 is 1.80 bits per heavy atom. The van der Waals surface area contributed by atoms with Crippen molar-refractivity contribution >= 4 is 22.5 Å². The molecule has 6 nitrogen and oxygen atoms in total. The number of para-hydroxylation sites is 1. The molecule has 4 aromatic rings. The van der Waals surface area contributed by atoms with Gasteiger partial charge in [-0.1, -0.05) is 24.3 Å². The topological polar surface area (TPSA) is 67.4 Å². The second kappa shape index (κ2) is 9.80. The summed E-state index contributed by atoms with van der Waals surface area (Å²) in [5, 5.41) is 3.71. The van der Waals surface area contributed by atoms with Gasteiger partial charge in [0.2, 0.25) is 0 Å². The van der Waals surface area contributed by atoms with Gasteiger partial charge in [0.1, 0.15) is 5.82 Å². The van der Waals surface area contributed by atoms with Crippen LogP contribution in [-0.2, 0) is 11.3 Å². The molecule has 178 valence electrons. The smallest absolute Gasteiger partial charge is 0.252 e. The number of fused-ring (bicyclic) bond motifs is 1. The molecule has 2 unspecified atom stereocenters. The second-order valence-electron chi connectivity index (χ2n) is 8.94. The van der Waals surface area contributed by atoms with Gasteiger partial charge in [0.15, 0.2) is 0 Å². The first-order chi connectivity index (χ1) is 17.0. The fraction of sp³-hybridized carbons (Fsp3) is 0.250. The molecular weight excluding hydrogens is 443 g/mol. The number of hydrogen-bond acceptors (Lipinski definition) is 5. The maximum absolute atomic E-state index is 15.0. The van der Waals surface area contributed by atoms with Crippen LogP contribution in [0.25, 0.3) is 22.2 Å². The molecular formula is C28H27FN4O2. The zero-order valence-corrected chi connectivity index (χ0v) is 19.7. The number of nitrogens with one attached hydrogen (secondary N) is 1. The average Bonchev–Trinajstić information content (AvgIpc) is 2.86.